The van der Waals surface area contributed by atoms with Crippen LogP contribution in [-0.4, -0.2) is 35.2 Å². The number of aliphatic hydroxyl groups is 1. The molecule has 0 saturated carbocycles. The van der Waals surface area contributed by atoms with Crippen molar-refractivity contribution in [2.24, 2.45) is 5.92 Å². The average molecular weight is 280 g/mol. The van der Waals surface area contributed by atoms with Gasteiger partial charge in [0.05, 0.1) is 11.8 Å². The second-order valence-electron chi connectivity index (χ2n) is 5.50. The average Bonchev–Trinajstić information content (AvgIpc) is 2.42. The molecule has 2 rings (SSSR count). The van der Waals surface area contributed by atoms with Crippen LogP contribution in [0.3, 0.4) is 0 Å². The normalized spacial score (nSPS) is 20.6. The Bertz CT molecular complexity index is 491. The van der Waals surface area contributed by atoms with Gasteiger partial charge in [0.1, 0.15) is 5.82 Å². The highest BCUT2D eigenvalue weighted by atomic mass is 19.1. The van der Waals surface area contributed by atoms with Crippen molar-refractivity contribution >= 4 is 11.7 Å². The zero-order chi connectivity index (χ0) is 14.7. The second kappa shape index (κ2) is 6.22. The van der Waals surface area contributed by atoms with E-state index in [0.29, 0.717) is 13.1 Å². The molecule has 0 aromatic heterocycles. The molecule has 0 spiro atoms. The Hall–Kier alpha value is -1.62. The zero-order valence-electron chi connectivity index (χ0n) is 11.9. The van der Waals surface area contributed by atoms with Crippen molar-refractivity contribution in [3.63, 3.8) is 0 Å². The van der Waals surface area contributed by atoms with Crippen LogP contribution in [0.25, 0.3) is 0 Å². The fourth-order valence-corrected chi connectivity index (χ4v) is 2.50. The fourth-order valence-electron chi connectivity index (χ4n) is 2.50. The van der Waals surface area contributed by atoms with Crippen LogP contribution in [0.5, 0.6) is 0 Å². The summed E-state index contributed by atoms with van der Waals surface area (Å²) in [6.07, 6.45) is 1.35. The predicted octanol–water partition coefficient (Wildman–Crippen LogP) is 2.76. The maximum atomic E-state index is 13.7. The van der Waals surface area contributed by atoms with E-state index in [9.17, 15) is 14.3 Å². The number of piperidine rings is 1. The van der Waals surface area contributed by atoms with Crippen LogP contribution in [0.15, 0.2) is 18.2 Å². The van der Waals surface area contributed by atoms with Crippen molar-refractivity contribution in [1.82, 2.24) is 4.90 Å². The molecule has 2 unspecified atom stereocenters. The number of halogens is 1. The number of hydrogen-bond donors (Lipinski definition) is 2. The largest absolute Gasteiger partial charge is 0.393 e. The van der Waals surface area contributed by atoms with E-state index in [4.69, 9.17) is 0 Å². The summed E-state index contributed by atoms with van der Waals surface area (Å²) in [4.78, 5) is 13.8. The van der Waals surface area contributed by atoms with Gasteiger partial charge in [-0.25, -0.2) is 9.18 Å². The van der Waals surface area contributed by atoms with Crippen molar-refractivity contribution in [1.29, 1.82) is 0 Å². The summed E-state index contributed by atoms with van der Waals surface area (Å²) >= 11 is 0. The Morgan fingerprint density at radius 3 is 2.95 bits per heavy atom. The molecule has 2 N–H and O–H groups in total. The molecular formula is C15H21FN2O2. The molecule has 0 bridgehead atoms. The minimum absolute atomic E-state index is 0.0948. The monoisotopic (exact) mass is 280 g/mol. The number of amides is 2. The van der Waals surface area contributed by atoms with Crippen LogP contribution >= 0.6 is 0 Å². The van der Waals surface area contributed by atoms with Crippen LogP contribution in [0.4, 0.5) is 14.9 Å². The molecule has 1 aliphatic rings. The van der Waals surface area contributed by atoms with E-state index in [-0.39, 0.29) is 17.6 Å². The van der Waals surface area contributed by atoms with Gasteiger partial charge in [0.15, 0.2) is 0 Å². The van der Waals surface area contributed by atoms with E-state index in [1.807, 2.05) is 0 Å². The molecule has 4 nitrogen and oxygen atoms in total. The third kappa shape index (κ3) is 3.48. The van der Waals surface area contributed by atoms with Gasteiger partial charge in [0.2, 0.25) is 0 Å². The summed E-state index contributed by atoms with van der Waals surface area (Å²) < 4.78 is 13.7. The highest BCUT2D eigenvalue weighted by molar-refractivity contribution is 5.89. The minimum atomic E-state index is -0.429. The number of urea groups is 1. The van der Waals surface area contributed by atoms with Gasteiger partial charge in [-0.3, -0.25) is 0 Å². The van der Waals surface area contributed by atoms with Gasteiger partial charge in [-0.05, 0) is 44.4 Å². The molecule has 2 amide bonds. The number of likely N-dealkylation sites (tertiary alicyclic amines) is 1. The first kappa shape index (κ1) is 14.8. The molecule has 2 atom stereocenters. The number of aryl methyl sites for hydroxylation is 1. The van der Waals surface area contributed by atoms with Crippen LogP contribution in [0.1, 0.15) is 25.3 Å². The Balaban J connectivity index is 2.00. The molecule has 0 aliphatic carbocycles. The highest BCUT2D eigenvalue weighted by Gasteiger charge is 2.26. The van der Waals surface area contributed by atoms with Crippen LogP contribution < -0.4 is 5.32 Å². The van der Waals surface area contributed by atoms with Crippen LogP contribution in [-0.2, 0) is 0 Å². The number of carbonyl (C=O) groups excluding carboxylic acids is 1. The Morgan fingerprint density at radius 1 is 1.55 bits per heavy atom. The molecule has 20 heavy (non-hydrogen) atoms. The van der Waals surface area contributed by atoms with Crippen molar-refractivity contribution in [2.75, 3.05) is 18.4 Å². The van der Waals surface area contributed by atoms with Crippen molar-refractivity contribution in [3.8, 4) is 0 Å². The first-order valence-corrected chi connectivity index (χ1v) is 6.97. The molecule has 5 heteroatoms. The molecule has 1 aromatic rings. The number of nitrogens with zero attached hydrogens (tertiary/aromatic N) is 1. The summed E-state index contributed by atoms with van der Waals surface area (Å²) in [5.74, 6) is -0.334. The number of aliphatic hydroxyl groups excluding tert-OH is 1. The summed E-state index contributed by atoms with van der Waals surface area (Å²) in [5.41, 5.74) is 1.01. The van der Waals surface area contributed by atoms with Gasteiger partial charge in [-0.1, -0.05) is 6.07 Å². The first-order valence-electron chi connectivity index (χ1n) is 6.97. The predicted molar refractivity (Wildman–Crippen MR) is 76.1 cm³/mol. The summed E-state index contributed by atoms with van der Waals surface area (Å²) in [6.45, 7) is 4.69. The quantitative estimate of drug-likeness (QED) is 0.875. The number of hydrogen-bond acceptors (Lipinski definition) is 2. The van der Waals surface area contributed by atoms with Crippen molar-refractivity contribution < 1.29 is 14.3 Å². The maximum Gasteiger partial charge on any atom is 0.321 e. The number of rotatable bonds is 2. The summed E-state index contributed by atoms with van der Waals surface area (Å²) in [6, 6.07) is 4.41. The lowest BCUT2D eigenvalue weighted by Gasteiger charge is -2.34. The van der Waals surface area contributed by atoms with E-state index in [1.165, 1.54) is 6.07 Å². The summed E-state index contributed by atoms with van der Waals surface area (Å²) in [7, 11) is 0. The molecule has 1 aromatic carbocycles. The molecule has 1 fully saturated rings. The lowest BCUT2D eigenvalue weighted by atomic mass is 9.94. The zero-order valence-corrected chi connectivity index (χ0v) is 11.9. The van der Waals surface area contributed by atoms with E-state index in [2.05, 4.69) is 5.32 Å². The Morgan fingerprint density at radius 2 is 2.30 bits per heavy atom. The second-order valence-corrected chi connectivity index (χ2v) is 5.50. The molecule has 1 saturated heterocycles. The number of carbonyl (C=O) groups is 1. The van der Waals surface area contributed by atoms with Crippen LogP contribution in [0.2, 0.25) is 0 Å². The standard InChI is InChI=1S/C15H21FN2O2/c1-10-5-6-14(13(16)8-10)17-15(20)18-7-3-4-12(9-18)11(2)19/h5-6,8,11-12,19H,3-4,7,9H2,1-2H3,(H,17,20). The number of anilines is 1. The van der Waals surface area contributed by atoms with Gasteiger partial charge in [0.25, 0.3) is 0 Å². The molecule has 0 radical (unpaired) electrons. The lowest BCUT2D eigenvalue weighted by Crippen LogP contribution is -2.44. The lowest BCUT2D eigenvalue weighted by molar-refractivity contribution is 0.0766. The molecule has 110 valence electrons. The molecule has 1 aliphatic heterocycles. The Labute approximate surface area is 118 Å². The van der Waals surface area contributed by atoms with Crippen molar-refractivity contribution in [2.45, 2.75) is 32.8 Å². The Kier molecular flexibility index (Phi) is 4.60. The van der Waals surface area contributed by atoms with Gasteiger partial charge >= 0.3 is 6.03 Å². The van der Waals surface area contributed by atoms with Crippen molar-refractivity contribution in [3.05, 3.63) is 29.6 Å². The molecule has 1 heterocycles. The maximum absolute atomic E-state index is 13.7. The molecular weight excluding hydrogens is 259 g/mol. The van der Waals surface area contributed by atoms with Gasteiger partial charge < -0.3 is 15.3 Å². The first-order chi connectivity index (χ1) is 9.47. The minimum Gasteiger partial charge on any atom is -0.393 e. The highest BCUT2D eigenvalue weighted by Crippen LogP contribution is 2.21. The van der Waals surface area contributed by atoms with E-state index >= 15 is 0 Å². The van der Waals surface area contributed by atoms with E-state index < -0.39 is 11.9 Å². The van der Waals surface area contributed by atoms with Gasteiger partial charge in [-0.2, -0.15) is 0 Å². The fraction of sp³-hybridized carbons (Fsp3) is 0.533. The third-order valence-electron chi connectivity index (χ3n) is 3.79. The van der Waals surface area contributed by atoms with E-state index in [0.717, 1.165) is 18.4 Å². The summed E-state index contributed by atoms with van der Waals surface area (Å²) in [5, 5.41) is 12.2. The topological polar surface area (TPSA) is 52.6 Å². The third-order valence-corrected chi connectivity index (χ3v) is 3.79. The van der Waals surface area contributed by atoms with E-state index in [1.54, 1.807) is 30.9 Å². The van der Waals surface area contributed by atoms with Crippen LogP contribution in [0, 0.1) is 18.7 Å². The van der Waals surface area contributed by atoms with Gasteiger partial charge in [-0.15, -0.1) is 0 Å². The number of nitrogens with one attached hydrogen (secondary N) is 1. The smallest absolute Gasteiger partial charge is 0.321 e. The SMILES string of the molecule is Cc1ccc(NC(=O)N2CCCC(C(C)O)C2)c(F)c1. The number of benzene rings is 1. The van der Waals surface area contributed by atoms with Gasteiger partial charge in [0, 0.05) is 19.0 Å².